The summed E-state index contributed by atoms with van der Waals surface area (Å²) in [5.41, 5.74) is 3.33. The number of hydrogen-bond acceptors (Lipinski definition) is 4. The highest BCUT2D eigenvalue weighted by Gasteiger charge is 2.20. The van der Waals surface area contributed by atoms with Crippen molar-refractivity contribution in [3.63, 3.8) is 0 Å². The van der Waals surface area contributed by atoms with Crippen molar-refractivity contribution < 1.29 is 0 Å². The van der Waals surface area contributed by atoms with Crippen molar-refractivity contribution in [2.45, 2.75) is 24.8 Å². The Morgan fingerprint density at radius 3 is 3.10 bits per heavy atom. The number of hydrogen-bond donors (Lipinski definition) is 0. The predicted molar refractivity (Wildman–Crippen MR) is 86.6 cm³/mol. The van der Waals surface area contributed by atoms with Crippen LogP contribution in [0.25, 0.3) is 0 Å². The summed E-state index contributed by atoms with van der Waals surface area (Å²) < 4.78 is 0. The summed E-state index contributed by atoms with van der Waals surface area (Å²) in [6, 6.07) is 10.8. The molecule has 4 heteroatoms. The quantitative estimate of drug-likeness (QED) is 0.791. The van der Waals surface area contributed by atoms with Gasteiger partial charge in [-0.25, -0.2) is 0 Å². The number of anilines is 1. The van der Waals surface area contributed by atoms with Crippen molar-refractivity contribution in [1.82, 2.24) is 0 Å². The summed E-state index contributed by atoms with van der Waals surface area (Å²) in [5, 5.41) is 11.7. The lowest BCUT2D eigenvalue weighted by atomic mass is 10.1. The van der Waals surface area contributed by atoms with E-state index in [-0.39, 0.29) is 0 Å². The summed E-state index contributed by atoms with van der Waals surface area (Å²) >= 11 is 3.59. The molecule has 2 aromatic rings. The summed E-state index contributed by atoms with van der Waals surface area (Å²) in [7, 11) is 0. The number of rotatable bonds is 3. The Bertz CT molecular complexity index is 655. The first-order chi connectivity index (χ1) is 9.83. The van der Waals surface area contributed by atoms with Crippen LogP contribution in [0.15, 0.2) is 34.5 Å². The van der Waals surface area contributed by atoms with Crippen LogP contribution >= 0.6 is 23.1 Å². The normalized spacial score (nSPS) is 13.9. The summed E-state index contributed by atoms with van der Waals surface area (Å²) in [4.78, 5) is 4.94. The lowest BCUT2D eigenvalue weighted by Gasteiger charge is -2.30. The molecule has 0 unspecified atom stereocenters. The van der Waals surface area contributed by atoms with Crippen LogP contribution in [0.3, 0.4) is 0 Å². The van der Waals surface area contributed by atoms with Crippen LogP contribution in [0.1, 0.15) is 22.9 Å². The minimum atomic E-state index is 0.832. The first kappa shape index (κ1) is 13.5. The molecule has 0 aliphatic carbocycles. The Morgan fingerprint density at radius 2 is 2.30 bits per heavy atom. The maximum absolute atomic E-state index is 9.52. The van der Waals surface area contributed by atoms with Gasteiger partial charge in [0.05, 0.1) is 11.3 Å². The first-order valence-electron chi connectivity index (χ1n) is 6.79. The van der Waals surface area contributed by atoms with Gasteiger partial charge in [0.15, 0.2) is 0 Å². The third-order valence-electron chi connectivity index (χ3n) is 3.56. The predicted octanol–water partition coefficient (Wildman–Crippen LogP) is 4.29. The SMILES string of the molecule is CCSc1cccc(N2CCc3sccc3C2)c1C#N. The molecule has 102 valence electrons. The van der Waals surface area contributed by atoms with E-state index in [4.69, 9.17) is 0 Å². The zero-order valence-corrected chi connectivity index (χ0v) is 13.1. The molecule has 1 aromatic heterocycles. The van der Waals surface area contributed by atoms with E-state index in [2.05, 4.69) is 47.5 Å². The number of benzene rings is 1. The van der Waals surface area contributed by atoms with E-state index in [0.717, 1.165) is 41.4 Å². The van der Waals surface area contributed by atoms with Crippen LogP contribution in [0.4, 0.5) is 5.69 Å². The second-order valence-electron chi connectivity index (χ2n) is 4.74. The first-order valence-corrected chi connectivity index (χ1v) is 8.66. The molecule has 0 N–H and O–H groups in total. The maximum atomic E-state index is 9.52. The highest BCUT2D eigenvalue weighted by Crippen LogP contribution is 2.33. The molecule has 0 amide bonds. The fourth-order valence-electron chi connectivity index (χ4n) is 2.63. The van der Waals surface area contributed by atoms with E-state index in [0.29, 0.717) is 0 Å². The lowest BCUT2D eigenvalue weighted by Crippen LogP contribution is -2.30. The van der Waals surface area contributed by atoms with Gasteiger partial charge < -0.3 is 4.90 Å². The van der Waals surface area contributed by atoms with Gasteiger partial charge in [-0.3, -0.25) is 0 Å². The Balaban J connectivity index is 1.95. The van der Waals surface area contributed by atoms with Crippen molar-refractivity contribution in [1.29, 1.82) is 5.26 Å². The molecule has 0 fully saturated rings. The van der Waals surface area contributed by atoms with Crippen LogP contribution in [0.5, 0.6) is 0 Å². The van der Waals surface area contributed by atoms with E-state index < -0.39 is 0 Å². The van der Waals surface area contributed by atoms with Crippen LogP contribution in [-0.2, 0) is 13.0 Å². The zero-order chi connectivity index (χ0) is 13.9. The van der Waals surface area contributed by atoms with E-state index in [1.807, 2.05) is 11.3 Å². The minimum Gasteiger partial charge on any atom is -0.366 e. The zero-order valence-electron chi connectivity index (χ0n) is 11.4. The molecule has 1 aromatic carbocycles. The molecule has 0 atom stereocenters. The van der Waals surface area contributed by atoms with Crippen LogP contribution < -0.4 is 4.90 Å². The van der Waals surface area contributed by atoms with Crippen molar-refractivity contribution >= 4 is 28.8 Å². The summed E-state index contributed by atoms with van der Waals surface area (Å²) in [6.07, 6.45) is 1.09. The fourth-order valence-corrected chi connectivity index (χ4v) is 4.30. The Morgan fingerprint density at radius 1 is 1.40 bits per heavy atom. The van der Waals surface area contributed by atoms with Crippen molar-refractivity contribution in [2.75, 3.05) is 17.2 Å². The molecule has 2 heterocycles. The van der Waals surface area contributed by atoms with Gasteiger partial charge in [-0.1, -0.05) is 13.0 Å². The monoisotopic (exact) mass is 300 g/mol. The number of thiophene rings is 1. The van der Waals surface area contributed by atoms with E-state index >= 15 is 0 Å². The van der Waals surface area contributed by atoms with Gasteiger partial charge in [-0.05, 0) is 41.3 Å². The van der Waals surface area contributed by atoms with Crippen LogP contribution in [-0.4, -0.2) is 12.3 Å². The topological polar surface area (TPSA) is 27.0 Å². The highest BCUT2D eigenvalue weighted by atomic mass is 32.2. The molecular weight excluding hydrogens is 284 g/mol. The molecule has 2 nitrogen and oxygen atoms in total. The number of nitriles is 1. The third-order valence-corrected chi connectivity index (χ3v) is 5.53. The molecule has 3 rings (SSSR count). The largest absolute Gasteiger partial charge is 0.366 e. The minimum absolute atomic E-state index is 0.832. The van der Waals surface area contributed by atoms with Gasteiger partial charge in [-0.15, -0.1) is 23.1 Å². The second kappa shape index (κ2) is 5.90. The Kier molecular flexibility index (Phi) is 4.00. The molecular formula is C16H16N2S2. The Hall–Kier alpha value is -1.44. The van der Waals surface area contributed by atoms with E-state index in [1.165, 1.54) is 10.4 Å². The van der Waals surface area contributed by atoms with Gasteiger partial charge in [0.1, 0.15) is 6.07 Å². The van der Waals surface area contributed by atoms with Gasteiger partial charge >= 0.3 is 0 Å². The van der Waals surface area contributed by atoms with Crippen molar-refractivity contribution in [2.24, 2.45) is 0 Å². The van der Waals surface area contributed by atoms with Crippen LogP contribution in [0.2, 0.25) is 0 Å². The third kappa shape index (κ3) is 2.44. The van der Waals surface area contributed by atoms with Gasteiger partial charge in [0.25, 0.3) is 0 Å². The second-order valence-corrected chi connectivity index (χ2v) is 7.04. The molecule has 0 saturated carbocycles. The molecule has 20 heavy (non-hydrogen) atoms. The maximum Gasteiger partial charge on any atom is 0.103 e. The summed E-state index contributed by atoms with van der Waals surface area (Å²) in [6.45, 7) is 4.05. The molecule has 0 radical (unpaired) electrons. The lowest BCUT2D eigenvalue weighted by molar-refractivity contribution is 0.741. The molecule has 0 spiro atoms. The molecule has 1 aliphatic heterocycles. The summed E-state index contributed by atoms with van der Waals surface area (Å²) in [5.74, 6) is 0.993. The smallest absolute Gasteiger partial charge is 0.103 e. The van der Waals surface area contributed by atoms with Crippen molar-refractivity contribution in [3.05, 3.63) is 45.6 Å². The number of fused-ring (bicyclic) bond motifs is 1. The van der Waals surface area contributed by atoms with E-state index in [1.54, 1.807) is 11.8 Å². The van der Waals surface area contributed by atoms with Gasteiger partial charge in [0.2, 0.25) is 0 Å². The molecule has 0 bridgehead atoms. The van der Waals surface area contributed by atoms with E-state index in [9.17, 15) is 5.26 Å². The molecule has 0 saturated heterocycles. The van der Waals surface area contributed by atoms with Crippen LogP contribution in [0, 0.1) is 11.3 Å². The van der Waals surface area contributed by atoms with Gasteiger partial charge in [-0.2, -0.15) is 5.26 Å². The Labute approximate surface area is 128 Å². The van der Waals surface area contributed by atoms with Gasteiger partial charge in [0, 0.05) is 22.9 Å². The number of nitrogens with zero attached hydrogens (tertiary/aromatic N) is 2. The average Bonchev–Trinajstić information content (AvgIpc) is 2.94. The number of thioether (sulfide) groups is 1. The van der Waals surface area contributed by atoms with Crippen molar-refractivity contribution in [3.8, 4) is 6.07 Å². The highest BCUT2D eigenvalue weighted by molar-refractivity contribution is 7.99. The fraction of sp³-hybridized carbons (Fsp3) is 0.312. The average molecular weight is 300 g/mol. The standard InChI is InChI=1S/C16H16N2S2/c1-2-19-16-5-3-4-14(13(16)10-17)18-8-6-15-12(11-18)7-9-20-15/h3-5,7,9H,2,6,8,11H2,1H3. The molecule has 1 aliphatic rings.